The van der Waals surface area contributed by atoms with Gasteiger partial charge in [0, 0.05) is 30.7 Å². The third kappa shape index (κ3) is 3.82. The number of hydrogen-bond donors (Lipinski definition) is 2. The van der Waals surface area contributed by atoms with Gasteiger partial charge in [-0.3, -0.25) is 9.89 Å². The molecule has 1 aromatic rings. The number of rotatable bonds is 4. The van der Waals surface area contributed by atoms with Gasteiger partial charge < -0.3 is 5.32 Å². The molecule has 2 heterocycles. The van der Waals surface area contributed by atoms with E-state index in [0.717, 1.165) is 5.69 Å². The van der Waals surface area contributed by atoms with Crippen molar-refractivity contribution in [3.8, 4) is 0 Å². The van der Waals surface area contributed by atoms with E-state index in [2.05, 4.69) is 15.5 Å². The lowest BCUT2D eigenvalue weighted by Gasteiger charge is -2.14. The van der Waals surface area contributed by atoms with Crippen LogP contribution in [0, 0.1) is 0 Å². The highest BCUT2D eigenvalue weighted by molar-refractivity contribution is 7.89. The van der Waals surface area contributed by atoms with Crippen LogP contribution in [0.5, 0.6) is 0 Å². The largest absolute Gasteiger partial charge is 0.349 e. The van der Waals surface area contributed by atoms with Crippen molar-refractivity contribution in [3.63, 3.8) is 0 Å². The molecule has 1 aromatic heterocycles. The van der Waals surface area contributed by atoms with Gasteiger partial charge in [-0.25, -0.2) is 12.7 Å². The maximum atomic E-state index is 12.0. The van der Waals surface area contributed by atoms with E-state index in [-0.39, 0.29) is 23.6 Å². The van der Waals surface area contributed by atoms with Gasteiger partial charge in [0.15, 0.2) is 0 Å². The third-order valence-corrected chi connectivity index (χ3v) is 5.42. The molecule has 0 spiro atoms. The van der Waals surface area contributed by atoms with Crippen molar-refractivity contribution < 1.29 is 13.2 Å². The molecule has 1 amide bonds. The van der Waals surface area contributed by atoms with Crippen molar-refractivity contribution in [2.24, 2.45) is 0 Å². The highest BCUT2D eigenvalue weighted by Gasteiger charge is 2.27. The van der Waals surface area contributed by atoms with Gasteiger partial charge in [-0.1, -0.05) is 20.8 Å². The fraction of sp³-hybridized carbons (Fsp3) is 0.692. The van der Waals surface area contributed by atoms with Gasteiger partial charge in [0.2, 0.25) is 10.0 Å². The monoisotopic (exact) mass is 314 g/mol. The lowest BCUT2D eigenvalue weighted by molar-refractivity contribution is 0.0947. The van der Waals surface area contributed by atoms with Crippen molar-refractivity contribution in [2.45, 2.75) is 32.6 Å². The van der Waals surface area contributed by atoms with Crippen LogP contribution in [-0.4, -0.2) is 54.2 Å². The molecule has 1 fully saturated rings. The Morgan fingerprint density at radius 2 is 2.19 bits per heavy atom. The Balaban J connectivity index is 1.86. The lowest BCUT2D eigenvalue weighted by Crippen LogP contribution is -2.36. The zero-order valence-electron chi connectivity index (χ0n) is 12.6. The number of nitrogens with zero attached hydrogens (tertiary/aromatic N) is 2. The Morgan fingerprint density at radius 1 is 1.48 bits per heavy atom. The SMILES string of the molecule is CC(C)(C)c1cc(C(=O)NCCN2CCCS2(=O)=O)n[nH]1. The van der Waals surface area contributed by atoms with Crippen LogP contribution in [0.4, 0.5) is 0 Å². The first kappa shape index (κ1) is 16.0. The van der Waals surface area contributed by atoms with E-state index in [1.165, 1.54) is 4.31 Å². The normalized spacial score (nSPS) is 18.8. The Hall–Kier alpha value is -1.41. The first-order valence-electron chi connectivity index (χ1n) is 7.02. The lowest BCUT2D eigenvalue weighted by atomic mass is 9.92. The van der Waals surface area contributed by atoms with Gasteiger partial charge in [0.05, 0.1) is 5.75 Å². The molecular formula is C13H22N4O3S. The second-order valence-electron chi connectivity index (χ2n) is 6.24. The zero-order valence-corrected chi connectivity index (χ0v) is 13.5. The summed E-state index contributed by atoms with van der Waals surface area (Å²) in [6.45, 7) is 7.22. The number of nitrogens with one attached hydrogen (secondary N) is 2. The Morgan fingerprint density at radius 3 is 2.71 bits per heavy atom. The average molecular weight is 314 g/mol. The first-order valence-corrected chi connectivity index (χ1v) is 8.63. The zero-order chi connectivity index (χ0) is 15.7. The number of carbonyl (C=O) groups excluding carboxylic acids is 1. The average Bonchev–Trinajstić information content (AvgIpc) is 2.96. The fourth-order valence-electron chi connectivity index (χ4n) is 2.15. The summed E-state index contributed by atoms with van der Waals surface area (Å²) in [4.78, 5) is 12.0. The van der Waals surface area contributed by atoms with E-state index in [4.69, 9.17) is 0 Å². The number of carbonyl (C=O) groups is 1. The quantitative estimate of drug-likeness (QED) is 0.844. The van der Waals surface area contributed by atoms with Crippen molar-refractivity contribution in [1.82, 2.24) is 19.8 Å². The van der Waals surface area contributed by atoms with E-state index in [0.29, 0.717) is 25.2 Å². The Bertz CT molecular complexity index is 616. The van der Waals surface area contributed by atoms with Gasteiger partial charge in [-0.05, 0) is 12.5 Å². The van der Waals surface area contributed by atoms with Crippen LogP contribution in [0.3, 0.4) is 0 Å². The van der Waals surface area contributed by atoms with Crippen LogP contribution >= 0.6 is 0 Å². The summed E-state index contributed by atoms with van der Waals surface area (Å²) < 4.78 is 24.6. The number of aromatic nitrogens is 2. The molecule has 0 atom stereocenters. The van der Waals surface area contributed by atoms with E-state index in [9.17, 15) is 13.2 Å². The predicted molar refractivity (Wildman–Crippen MR) is 79.6 cm³/mol. The molecule has 21 heavy (non-hydrogen) atoms. The maximum Gasteiger partial charge on any atom is 0.271 e. The molecule has 1 saturated heterocycles. The van der Waals surface area contributed by atoms with Gasteiger partial charge in [0.1, 0.15) is 5.69 Å². The van der Waals surface area contributed by atoms with Crippen LogP contribution < -0.4 is 5.32 Å². The molecule has 0 bridgehead atoms. The number of hydrogen-bond acceptors (Lipinski definition) is 4. The molecule has 0 aliphatic carbocycles. The summed E-state index contributed by atoms with van der Waals surface area (Å²) in [6.07, 6.45) is 0.657. The van der Waals surface area contributed by atoms with Gasteiger partial charge in [-0.15, -0.1) is 0 Å². The highest BCUT2D eigenvalue weighted by atomic mass is 32.2. The van der Waals surface area contributed by atoms with Crippen LogP contribution in [-0.2, 0) is 15.4 Å². The van der Waals surface area contributed by atoms with Gasteiger partial charge in [0.25, 0.3) is 5.91 Å². The van der Waals surface area contributed by atoms with Crippen molar-refractivity contribution in [2.75, 3.05) is 25.4 Å². The number of amides is 1. The Labute approximate surface area is 125 Å². The molecular weight excluding hydrogens is 292 g/mol. The molecule has 0 radical (unpaired) electrons. The molecule has 2 rings (SSSR count). The van der Waals surface area contributed by atoms with Gasteiger partial charge >= 0.3 is 0 Å². The van der Waals surface area contributed by atoms with Crippen LogP contribution in [0.2, 0.25) is 0 Å². The molecule has 7 nitrogen and oxygen atoms in total. The smallest absolute Gasteiger partial charge is 0.271 e. The van der Waals surface area contributed by atoms with Crippen molar-refractivity contribution >= 4 is 15.9 Å². The predicted octanol–water partition coefficient (Wildman–Crippen LogP) is 0.473. The number of H-pyrrole nitrogens is 1. The summed E-state index contributed by atoms with van der Waals surface area (Å²) in [6, 6.07) is 1.72. The summed E-state index contributed by atoms with van der Waals surface area (Å²) >= 11 is 0. The van der Waals surface area contributed by atoms with E-state index < -0.39 is 10.0 Å². The summed E-state index contributed by atoms with van der Waals surface area (Å²) in [5, 5.41) is 9.55. The minimum absolute atomic E-state index is 0.102. The molecule has 0 aromatic carbocycles. The standard InChI is InChI=1S/C13H22N4O3S/c1-13(2,3)11-9-10(15-16-11)12(18)14-5-7-17-6-4-8-21(17,19)20/h9H,4-8H2,1-3H3,(H,14,18)(H,15,16). The Kier molecular flexibility index (Phi) is 4.38. The van der Waals surface area contributed by atoms with Crippen molar-refractivity contribution in [3.05, 3.63) is 17.5 Å². The van der Waals surface area contributed by atoms with Gasteiger partial charge in [-0.2, -0.15) is 5.10 Å². The summed E-state index contributed by atoms with van der Waals surface area (Å²) in [5.74, 6) is -0.0896. The minimum atomic E-state index is -3.10. The summed E-state index contributed by atoms with van der Waals surface area (Å²) in [7, 11) is -3.10. The van der Waals surface area contributed by atoms with E-state index in [1.807, 2.05) is 20.8 Å². The first-order chi connectivity index (χ1) is 9.70. The molecule has 0 unspecified atom stereocenters. The van der Waals surface area contributed by atoms with Crippen LogP contribution in [0.25, 0.3) is 0 Å². The molecule has 1 aliphatic rings. The van der Waals surface area contributed by atoms with Crippen molar-refractivity contribution in [1.29, 1.82) is 0 Å². The second-order valence-corrected chi connectivity index (χ2v) is 8.33. The maximum absolute atomic E-state index is 12.0. The molecule has 2 N–H and O–H groups in total. The van der Waals surface area contributed by atoms with E-state index >= 15 is 0 Å². The second kappa shape index (κ2) is 5.76. The molecule has 0 saturated carbocycles. The minimum Gasteiger partial charge on any atom is -0.349 e. The van der Waals surface area contributed by atoms with E-state index in [1.54, 1.807) is 6.07 Å². The summed E-state index contributed by atoms with van der Waals surface area (Å²) in [5.41, 5.74) is 1.11. The molecule has 8 heteroatoms. The number of aromatic amines is 1. The molecule has 118 valence electrons. The number of sulfonamides is 1. The molecule has 1 aliphatic heterocycles. The third-order valence-electron chi connectivity index (χ3n) is 3.47. The van der Waals surface area contributed by atoms with Crippen LogP contribution in [0.1, 0.15) is 43.4 Å². The van der Waals surface area contributed by atoms with Crippen LogP contribution in [0.15, 0.2) is 6.07 Å². The topological polar surface area (TPSA) is 95.2 Å². The highest BCUT2D eigenvalue weighted by Crippen LogP contribution is 2.20. The fourth-order valence-corrected chi connectivity index (χ4v) is 3.68.